The lowest BCUT2D eigenvalue weighted by molar-refractivity contribution is -0.146. The minimum atomic E-state index is -0.144. The maximum absolute atomic E-state index is 12.1. The second-order valence-corrected chi connectivity index (χ2v) is 5.65. The Kier molecular flexibility index (Phi) is 2.92. The van der Waals surface area contributed by atoms with E-state index in [1.807, 2.05) is 37.6 Å². The van der Waals surface area contributed by atoms with Crippen molar-refractivity contribution in [3.05, 3.63) is 41.7 Å². The summed E-state index contributed by atoms with van der Waals surface area (Å²) < 4.78 is 7.16. The third-order valence-corrected chi connectivity index (χ3v) is 4.01. The highest BCUT2D eigenvalue weighted by Crippen LogP contribution is 2.48. The minimum absolute atomic E-state index is 0.0417. The normalized spacial score (nSPS) is 20.2. The number of hydrogen-bond acceptors (Lipinski definition) is 5. The number of aromatic amines is 1. The van der Waals surface area contributed by atoms with Gasteiger partial charge in [-0.3, -0.25) is 9.48 Å². The number of nitrogens with one attached hydrogen (secondary N) is 1. The van der Waals surface area contributed by atoms with E-state index in [0.717, 1.165) is 28.6 Å². The van der Waals surface area contributed by atoms with Gasteiger partial charge in [-0.25, -0.2) is 0 Å². The predicted molar refractivity (Wildman–Crippen MR) is 77.7 cm³/mol. The smallest absolute Gasteiger partial charge is 0.309 e. The largest absolute Gasteiger partial charge is 0.461 e. The number of rotatable bonds is 4. The first kappa shape index (κ1) is 13.0. The lowest BCUT2D eigenvalue weighted by Gasteiger charge is -2.04. The third kappa shape index (κ3) is 2.34. The molecule has 2 atom stereocenters. The van der Waals surface area contributed by atoms with E-state index in [-0.39, 0.29) is 24.4 Å². The van der Waals surface area contributed by atoms with Gasteiger partial charge < -0.3 is 4.74 Å². The van der Waals surface area contributed by atoms with Gasteiger partial charge in [-0.2, -0.15) is 20.5 Å². The molecule has 0 bridgehead atoms. The van der Waals surface area contributed by atoms with Gasteiger partial charge in [0.15, 0.2) is 0 Å². The SMILES string of the molecule is Cn1cc([C@@H]2C[C@H]2C(=O)OCc2ccc3n[nH]nc3c2)cn1. The molecular formula is C15H15N5O2. The second kappa shape index (κ2) is 4.94. The Bertz CT molecular complexity index is 837. The fourth-order valence-electron chi connectivity index (χ4n) is 2.69. The van der Waals surface area contributed by atoms with E-state index in [4.69, 9.17) is 4.74 Å². The highest BCUT2D eigenvalue weighted by Gasteiger charge is 2.45. The van der Waals surface area contributed by atoms with Crippen LogP contribution in [0.15, 0.2) is 30.6 Å². The van der Waals surface area contributed by atoms with Crippen LogP contribution in [-0.4, -0.2) is 31.2 Å². The van der Waals surface area contributed by atoms with Crippen molar-refractivity contribution in [3.8, 4) is 0 Å². The molecule has 1 aliphatic carbocycles. The van der Waals surface area contributed by atoms with Crippen molar-refractivity contribution < 1.29 is 9.53 Å². The maximum atomic E-state index is 12.1. The molecule has 1 N–H and O–H groups in total. The summed E-state index contributed by atoms with van der Waals surface area (Å²) in [5, 5.41) is 14.7. The number of carbonyl (C=O) groups excluding carboxylic acids is 1. The van der Waals surface area contributed by atoms with Crippen LogP contribution in [0, 0.1) is 5.92 Å². The Morgan fingerprint density at radius 1 is 1.41 bits per heavy atom. The van der Waals surface area contributed by atoms with Gasteiger partial charge in [0.1, 0.15) is 17.6 Å². The van der Waals surface area contributed by atoms with Gasteiger partial charge in [0.05, 0.1) is 12.1 Å². The standard InChI is InChI=1S/C15H15N5O2/c1-20-7-10(6-16-20)11-5-12(11)15(21)22-8-9-2-3-13-14(4-9)18-19-17-13/h2-4,6-7,11-12H,5,8H2,1H3,(H,17,18,19)/t11-,12+/m0/s1. The first-order valence-electron chi connectivity index (χ1n) is 7.15. The average Bonchev–Trinajstić information content (AvgIpc) is 2.97. The quantitative estimate of drug-likeness (QED) is 0.738. The zero-order valence-electron chi connectivity index (χ0n) is 12.1. The van der Waals surface area contributed by atoms with E-state index in [9.17, 15) is 4.79 Å². The number of nitrogens with zero attached hydrogens (tertiary/aromatic N) is 4. The van der Waals surface area contributed by atoms with Crippen LogP contribution in [0.3, 0.4) is 0 Å². The summed E-state index contributed by atoms with van der Waals surface area (Å²) in [5.41, 5.74) is 3.59. The Labute approximate surface area is 126 Å². The Balaban J connectivity index is 1.37. The number of H-pyrrole nitrogens is 1. The summed E-state index contributed by atoms with van der Waals surface area (Å²) in [6.07, 6.45) is 4.61. The van der Waals surface area contributed by atoms with Crippen molar-refractivity contribution in [2.24, 2.45) is 13.0 Å². The summed E-state index contributed by atoms with van der Waals surface area (Å²) in [7, 11) is 1.87. The molecule has 1 aromatic carbocycles. The van der Waals surface area contributed by atoms with Crippen LogP contribution in [0.4, 0.5) is 0 Å². The second-order valence-electron chi connectivity index (χ2n) is 5.65. The van der Waals surface area contributed by atoms with E-state index in [1.165, 1.54) is 0 Å². The van der Waals surface area contributed by atoms with Crippen LogP contribution >= 0.6 is 0 Å². The van der Waals surface area contributed by atoms with E-state index >= 15 is 0 Å². The molecule has 2 aromatic heterocycles. The highest BCUT2D eigenvalue weighted by atomic mass is 16.5. The van der Waals surface area contributed by atoms with Crippen molar-refractivity contribution in [2.75, 3.05) is 0 Å². The summed E-state index contributed by atoms with van der Waals surface area (Å²) in [5.74, 6) is 0.0632. The summed E-state index contributed by atoms with van der Waals surface area (Å²) in [6.45, 7) is 0.262. The molecule has 2 heterocycles. The molecule has 1 aliphatic rings. The fourth-order valence-corrected chi connectivity index (χ4v) is 2.69. The van der Waals surface area contributed by atoms with Crippen molar-refractivity contribution in [1.29, 1.82) is 0 Å². The molecule has 0 amide bonds. The maximum Gasteiger partial charge on any atom is 0.309 e. The Morgan fingerprint density at radius 3 is 3.09 bits per heavy atom. The molecule has 7 nitrogen and oxygen atoms in total. The van der Waals surface area contributed by atoms with Gasteiger partial charge >= 0.3 is 5.97 Å². The highest BCUT2D eigenvalue weighted by molar-refractivity contribution is 5.77. The van der Waals surface area contributed by atoms with Gasteiger partial charge in [0.2, 0.25) is 0 Å². The van der Waals surface area contributed by atoms with Gasteiger partial charge in [0, 0.05) is 19.2 Å². The number of aryl methyl sites for hydroxylation is 1. The third-order valence-electron chi connectivity index (χ3n) is 4.01. The molecule has 22 heavy (non-hydrogen) atoms. The number of hydrogen-bond donors (Lipinski definition) is 1. The van der Waals surface area contributed by atoms with E-state index in [2.05, 4.69) is 20.5 Å². The van der Waals surface area contributed by atoms with Crippen LogP contribution in [0.1, 0.15) is 23.5 Å². The minimum Gasteiger partial charge on any atom is -0.461 e. The van der Waals surface area contributed by atoms with Crippen LogP contribution in [0.25, 0.3) is 11.0 Å². The molecule has 3 aromatic rings. The molecule has 0 spiro atoms. The number of carbonyl (C=O) groups is 1. The summed E-state index contributed by atoms with van der Waals surface area (Å²) in [6, 6.07) is 5.62. The molecule has 0 radical (unpaired) electrons. The average molecular weight is 297 g/mol. The van der Waals surface area contributed by atoms with E-state index < -0.39 is 0 Å². The number of esters is 1. The zero-order chi connectivity index (χ0) is 15.1. The van der Waals surface area contributed by atoms with Crippen LogP contribution in [0.5, 0.6) is 0 Å². The molecule has 1 saturated carbocycles. The first-order chi connectivity index (χ1) is 10.7. The topological polar surface area (TPSA) is 85.7 Å². The fraction of sp³-hybridized carbons (Fsp3) is 0.333. The number of ether oxygens (including phenoxy) is 1. The van der Waals surface area contributed by atoms with Crippen molar-refractivity contribution >= 4 is 17.0 Å². The lowest BCUT2D eigenvalue weighted by Crippen LogP contribution is -2.07. The molecule has 0 unspecified atom stereocenters. The summed E-state index contributed by atoms with van der Waals surface area (Å²) in [4.78, 5) is 12.1. The predicted octanol–water partition coefficient (Wildman–Crippen LogP) is 1.54. The Morgan fingerprint density at radius 2 is 2.27 bits per heavy atom. The molecular weight excluding hydrogens is 282 g/mol. The molecule has 7 heteroatoms. The van der Waals surface area contributed by atoms with Gasteiger partial charge in [0.25, 0.3) is 0 Å². The van der Waals surface area contributed by atoms with Gasteiger partial charge in [-0.15, -0.1) is 0 Å². The molecule has 4 rings (SSSR count). The summed E-state index contributed by atoms with van der Waals surface area (Å²) >= 11 is 0. The lowest BCUT2D eigenvalue weighted by atomic mass is 10.2. The molecule has 1 fully saturated rings. The van der Waals surface area contributed by atoms with Crippen LogP contribution in [0.2, 0.25) is 0 Å². The van der Waals surface area contributed by atoms with Gasteiger partial charge in [-0.1, -0.05) is 6.07 Å². The number of fused-ring (bicyclic) bond motifs is 1. The Hall–Kier alpha value is -2.70. The van der Waals surface area contributed by atoms with Crippen molar-refractivity contribution in [2.45, 2.75) is 18.9 Å². The monoisotopic (exact) mass is 297 g/mol. The zero-order valence-corrected chi connectivity index (χ0v) is 12.1. The molecule has 112 valence electrons. The first-order valence-corrected chi connectivity index (χ1v) is 7.15. The van der Waals surface area contributed by atoms with Crippen molar-refractivity contribution in [1.82, 2.24) is 25.2 Å². The van der Waals surface area contributed by atoms with Crippen LogP contribution < -0.4 is 0 Å². The van der Waals surface area contributed by atoms with E-state index in [1.54, 1.807) is 4.68 Å². The molecule has 0 saturated heterocycles. The van der Waals surface area contributed by atoms with E-state index in [0.29, 0.717) is 0 Å². The van der Waals surface area contributed by atoms with Crippen molar-refractivity contribution in [3.63, 3.8) is 0 Å². The van der Waals surface area contributed by atoms with Gasteiger partial charge in [-0.05, 0) is 29.7 Å². The van der Waals surface area contributed by atoms with Crippen LogP contribution in [-0.2, 0) is 23.2 Å². The molecule has 0 aliphatic heterocycles. The number of benzene rings is 1. The number of aromatic nitrogens is 5.